The van der Waals surface area contributed by atoms with Gasteiger partial charge in [-0.25, -0.2) is 0 Å². The van der Waals surface area contributed by atoms with Crippen LogP contribution in [0.25, 0.3) is 0 Å². The number of nitrogens with one attached hydrogen (secondary N) is 1. The summed E-state index contributed by atoms with van der Waals surface area (Å²) < 4.78 is 0. The third kappa shape index (κ3) is 3.73. The molecule has 1 heterocycles. The third-order valence-electron chi connectivity index (χ3n) is 2.28. The fourth-order valence-electron chi connectivity index (χ4n) is 1.18. The van der Waals surface area contributed by atoms with Crippen molar-refractivity contribution in [2.24, 2.45) is 0 Å². The molecule has 0 aliphatic carbocycles. The Balaban J connectivity index is 2.44. The number of nitrogens with zero attached hydrogens (tertiary/aromatic N) is 1. The molecule has 0 saturated heterocycles. The zero-order valence-corrected chi connectivity index (χ0v) is 10.3. The SMILES string of the molecule is CSC(C)CCNC(=O)c1ccncc1O. The van der Waals surface area contributed by atoms with Crippen LogP contribution in [0.3, 0.4) is 0 Å². The fraction of sp³-hybridized carbons (Fsp3) is 0.455. The summed E-state index contributed by atoms with van der Waals surface area (Å²) in [4.78, 5) is 15.3. The minimum Gasteiger partial charge on any atom is -0.505 e. The van der Waals surface area contributed by atoms with Gasteiger partial charge in [0.1, 0.15) is 5.75 Å². The molecule has 1 aromatic heterocycles. The summed E-state index contributed by atoms with van der Waals surface area (Å²) in [6.45, 7) is 2.73. The molecular weight excluding hydrogens is 224 g/mol. The van der Waals surface area contributed by atoms with Crippen LogP contribution in [0.5, 0.6) is 5.75 Å². The number of hydrogen-bond acceptors (Lipinski definition) is 4. The molecule has 1 unspecified atom stereocenters. The van der Waals surface area contributed by atoms with Gasteiger partial charge in [0, 0.05) is 18.0 Å². The number of carbonyl (C=O) groups is 1. The molecule has 1 rings (SSSR count). The maximum atomic E-state index is 11.6. The molecular formula is C11H16N2O2S. The second kappa shape index (κ2) is 6.37. The average Bonchev–Trinajstić information content (AvgIpc) is 2.29. The number of pyridine rings is 1. The van der Waals surface area contributed by atoms with Crippen molar-refractivity contribution in [3.8, 4) is 5.75 Å². The number of rotatable bonds is 5. The van der Waals surface area contributed by atoms with Gasteiger partial charge in [-0.05, 0) is 18.7 Å². The molecule has 0 saturated carbocycles. The van der Waals surface area contributed by atoms with E-state index in [2.05, 4.69) is 17.2 Å². The van der Waals surface area contributed by atoms with Gasteiger partial charge < -0.3 is 10.4 Å². The van der Waals surface area contributed by atoms with Crippen molar-refractivity contribution in [1.82, 2.24) is 10.3 Å². The Bertz CT molecular complexity index is 358. The summed E-state index contributed by atoms with van der Waals surface area (Å²) in [6.07, 6.45) is 5.71. The van der Waals surface area contributed by atoms with Crippen molar-refractivity contribution in [2.45, 2.75) is 18.6 Å². The van der Waals surface area contributed by atoms with Crippen molar-refractivity contribution >= 4 is 17.7 Å². The van der Waals surface area contributed by atoms with Gasteiger partial charge in [-0.15, -0.1) is 0 Å². The molecule has 0 aliphatic rings. The van der Waals surface area contributed by atoms with Crippen LogP contribution in [0.15, 0.2) is 18.5 Å². The number of hydrogen-bond donors (Lipinski definition) is 2. The predicted octanol–water partition coefficient (Wildman–Crippen LogP) is 1.66. The largest absolute Gasteiger partial charge is 0.505 e. The number of aromatic nitrogens is 1. The molecule has 0 aliphatic heterocycles. The van der Waals surface area contributed by atoms with E-state index in [0.29, 0.717) is 11.8 Å². The highest BCUT2D eigenvalue weighted by Gasteiger charge is 2.10. The summed E-state index contributed by atoms with van der Waals surface area (Å²) in [5, 5.41) is 12.7. The lowest BCUT2D eigenvalue weighted by Gasteiger charge is -2.09. The van der Waals surface area contributed by atoms with Crippen molar-refractivity contribution in [1.29, 1.82) is 0 Å². The molecule has 0 spiro atoms. The van der Waals surface area contributed by atoms with Crippen LogP contribution < -0.4 is 5.32 Å². The van der Waals surface area contributed by atoms with E-state index >= 15 is 0 Å². The van der Waals surface area contributed by atoms with E-state index in [0.717, 1.165) is 6.42 Å². The third-order valence-corrected chi connectivity index (χ3v) is 3.32. The smallest absolute Gasteiger partial charge is 0.255 e. The van der Waals surface area contributed by atoms with Gasteiger partial charge in [0.25, 0.3) is 5.91 Å². The highest BCUT2D eigenvalue weighted by atomic mass is 32.2. The van der Waals surface area contributed by atoms with Crippen LogP contribution in [0.2, 0.25) is 0 Å². The number of amides is 1. The summed E-state index contributed by atoms with van der Waals surface area (Å²) >= 11 is 1.76. The summed E-state index contributed by atoms with van der Waals surface area (Å²) in [5.74, 6) is -0.342. The number of carbonyl (C=O) groups excluding carboxylic acids is 1. The van der Waals surface area contributed by atoms with Crippen molar-refractivity contribution in [3.05, 3.63) is 24.0 Å². The minimum absolute atomic E-state index is 0.0853. The molecule has 16 heavy (non-hydrogen) atoms. The van der Waals surface area contributed by atoms with Gasteiger partial charge >= 0.3 is 0 Å². The van der Waals surface area contributed by atoms with Gasteiger partial charge in [0.2, 0.25) is 0 Å². The Morgan fingerprint density at radius 2 is 2.44 bits per heavy atom. The molecule has 5 heteroatoms. The Morgan fingerprint density at radius 3 is 3.06 bits per heavy atom. The first-order valence-electron chi connectivity index (χ1n) is 5.09. The zero-order valence-electron chi connectivity index (χ0n) is 9.43. The molecule has 1 aromatic rings. The summed E-state index contributed by atoms with van der Waals surface area (Å²) in [7, 11) is 0. The monoisotopic (exact) mass is 240 g/mol. The number of thioether (sulfide) groups is 1. The fourth-order valence-corrected chi connectivity index (χ4v) is 1.53. The topological polar surface area (TPSA) is 62.2 Å². The molecule has 2 N–H and O–H groups in total. The second-order valence-corrected chi connectivity index (χ2v) is 4.76. The van der Waals surface area contributed by atoms with Crippen molar-refractivity contribution < 1.29 is 9.90 Å². The van der Waals surface area contributed by atoms with E-state index in [1.54, 1.807) is 11.8 Å². The highest BCUT2D eigenvalue weighted by molar-refractivity contribution is 7.99. The van der Waals surface area contributed by atoms with Crippen molar-refractivity contribution in [3.63, 3.8) is 0 Å². The minimum atomic E-state index is -0.256. The Kier molecular flexibility index (Phi) is 5.11. The maximum absolute atomic E-state index is 11.6. The molecule has 1 amide bonds. The quantitative estimate of drug-likeness (QED) is 0.821. The van der Waals surface area contributed by atoms with Gasteiger partial charge in [0.15, 0.2) is 0 Å². The summed E-state index contributed by atoms with van der Waals surface area (Å²) in [6, 6.07) is 1.50. The van der Waals surface area contributed by atoms with Crippen molar-refractivity contribution in [2.75, 3.05) is 12.8 Å². The van der Waals surface area contributed by atoms with Gasteiger partial charge in [0.05, 0.1) is 11.8 Å². The first-order chi connectivity index (χ1) is 7.65. The molecule has 1 atom stereocenters. The van der Waals surface area contributed by atoms with Gasteiger partial charge in [-0.1, -0.05) is 6.92 Å². The molecule has 88 valence electrons. The van der Waals surface area contributed by atoms with E-state index < -0.39 is 0 Å². The summed E-state index contributed by atoms with van der Waals surface area (Å²) in [5.41, 5.74) is 0.270. The van der Waals surface area contributed by atoms with Crippen LogP contribution in [-0.4, -0.2) is 34.0 Å². The maximum Gasteiger partial charge on any atom is 0.255 e. The lowest BCUT2D eigenvalue weighted by atomic mass is 10.2. The average molecular weight is 240 g/mol. The van der Waals surface area contributed by atoms with Gasteiger partial charge in [-0.3, -0.25) is 9.78 Å². The van der Waals surface area contributed by atoms with E-state index in [4.69, 9.17) is 0 Å². The highest BCUT2D eigenvalue weighted by Crippen LogP contribution is 2.13. The molecule has 0 aromatic carbocycles. The zero-order chi connectivity index (χ0) is 12.0. The van der Waals surface area contributed by atoms with E-state index in [1.807, 2.05) is 6.26 Å². The molecule has 0 fully saturated rings. The lowest BCUT2D eigenvalue weighted by Crippen LogP contribution is -2.26. The molecule has 4 nitrogen and oxygen atoms in total. The standard InChI is InChI=1S/C11H16N2O2S/c1-8(16-2)3-6-13-11(15)9-4-5-12-7-10(9)14/h4-5,7-8,14H,3,6H2,1-2H3,(H,13,15). The van der Waals surface area contributed by atoms with Crippen LogP contribution in [0.4, 0.5) is 0 Å². The second-order valence-electron chi connectivity index (χ2n) is 3.48. The molecule has 0 radical (unpaired) electrons. The van der Waals surface area contributed by atoms with Crippen LogP contribution in [0, 0.1) is 0 Å². The predicted molar refractivity (Wildman–Crippen MR) is 65.8 cm³/mol. The van der Waals surface area contributed by atoms with Crippen LogP contribution >= 0.6 is 11.8 Å². The van der Waals surface area contributed by atoms with E-state index in [9.17, 15) is 9.90 Å². The first kappa shape index (κ1) is 12.8. The Hall–Kier alpha value is -1.23. The first-order valence-corrected chi connectivity index (χ1v) is 6.38. The Morgan fingerprint density at radius 1 is 1.69 bits per heavy atom. The lowest BCUT2D eigenvalue weighted by molar-refractivity contribution is 0.0950. The van der Waals surface area contributed by atoms with E-state index in [1.165, 1.54) is 18.5 Å². The van der Waals surface area contributed by atoms with Gasteiger partial charge in [-0.2, -0.15) is 11.8 Å². The number of aromatic hydroxyl groups is 1. The Labute approximate surface area is 99.5 Å². The van der Waals surface area contributed by atoms with Crippen LogP contribution in [0.1, 0.15) is 23.7 Å². The van der Waals surface area contributed by atoms with Crippen LogP contribution in [-0.2, 0) is 0 Å². The normalized spacial score (nSPS) is 12.1. The molecule has 0 bridgehead atoms. The van der Waals surface area contributed by atoms with E-state index in [-0.39, 0.29) is 17.2 Å².